The molecular formula is C11H13Cl2N3. The Labute approximate surface area is 107 Å². The Morgan fingerprint density at radius 1 is 1.31 bits per heavy atom. The minimum absolute atomic E-state index is 0. The van der Waals surface area contributed by atoms with Gasteiger partial charge in [0.05, 0.1) is 17.3 Å². The van der Waals surface area contributed by atoms with E-state index in [-0.39, 0.29) is 24.8 Å². The molecule has 0 spiro atoms. The van der Waals surface area contributed by atoms with Gasteiger partial charge in [-0.05, 0) is 6.07 Å². The van der Waals surface area contributed by atoms with Crippen molar-refractivity contribution in [2.45, 2.75) is 6.42 Å². The lowest BCUT2D eigenvalue weighted by molar-refractivity contribution is 1.03. The molecule has 0 saturated heterocycles. The Morgan fingerprint density at radius 3 is 2.88 bits per heavy atom. The SMILES string of the molecule is Cl.Cl.NCCC#Cc1cncc2[nH]ccc12. The van der Waals surface area contributed by atoms with Crippen LogP contribution in [0.4, 0.5) is 0 Å². The molecule has 0 unspecified atom stereocenters. The smallest absolute Gasteiger partial charge is 0.0653 e. The molecule has 0 atom stereocenters. The van der Waals surface area contributed by atoms with Crippen LogP contribution in [0.1, 0.15) is 12.0 Å². The third-order valence-corrected chi connectivity index (χ3v) is 1.97. The molecule has 0 saturated carbocycles. The number of nitrogens with one attached hydrogen (secondary N) is 1. The van der Waals surface area contributed by atoms with E-state index in [9.17, 15) is 0 Å². The number of aromatic nitrogens is 2. The predicted octanol–water partition coefficient (Wildman–Crippen LogP) is 2.11. The largest absolute Gasteiger partial charge is 0.360 e. The van der Waals surface area contributed by atoms with Crippen molar-refractivity contribution in [3.8, 4) is 11.8 Å². The molecule has 3 N–H and O–H groups in total. The number of nitrogens with two attached hydrogens (primary N) is 1. The van der Waals surface area contributed by atoms with Crippen molar-refractivity contribution in [2.24, 2.45) is 5.73 Å². The second-order valence-corrected chi connectivity index (χ2v) is 2.97. The topological polar surface area (TPSA) is 54.7 Å². The van der Waals surface area contributed by atoms with E-state index < -0.39 is 0 Å². The van der Waals surface area contributed by atoms with Crippen molar-refractivity contribution in [2.75, 3.05) is 6.54 Å². The summed E-state index contributed by atoms with van der Waals surface area (Å²) in [5.41, 5.74) is 7.33. The number of halogens is 2. The van der Waals surface area contributed by atoms with Crippen LogP contribution >= 0.6 is 24.8 Å². The standard InChI is InChI=1S/C11H11N3.2ClH/c12-5-2-1-3-9-7-13-8-11-10(9)4-6-14-11;;/h4,6-8,14H,2,5,12H2;2*1H. The summed E-state index contributed by atoms with van der Waals surface area (Å²) < 4.78 is 0. The average molecular weight is 258 g/mol. The summed E-state index contributed by atoms with van der Waals surface area (Å²) in [4.78, 5) is 7.19. The summed E-state index contributed by atoms with van der Waals surface area (Å²) in [6, 6.07) is 2.00. The van der Waals surface area contributed by atoms with Gasteiger partial charge in [0.2, 0.25) is 0 Å². The van der Waals surface area contributed by atoms with Gasteiger partial charge in [-0.25, -0.2) is 0 Å². The van der Waals surface area contributed by atoms with Crippen LogP contribution in [0.2, 0.25) is 0 Å². The molecule has 0 amide bonds. The van der Waals surface area contributed by atoms with Gasteiger partial charge in [0.1, 0.15) is 0 Å². The summed E-state index contributed by atoms with van der Waals surface area (Å²) >= 11 is 0. The van der Waals surface area contributed by atoms with Gasteiger partial charge in [-0.3, -0.25) is 4.98 Å². The third-order valence-electron chi connectivity index (χ3n) is 1.97. The van der Waals surface area contributed by atoms with E-state index in [1.165, 1.54) is 0 Å². The second-order valence-electron chi connectivity index (χ2n) is 2.97. The predicted molar refractivity (Wildman–Crippen MR) is 71.1 cm³/mol. The van der Waals surface area contributed by atoms with Gasteiger partial charge in [0.25, 0.3) is 0 Å². The molecule has 0 aliphatic carbocycles. The van der Waals surface area contributed by atoms with Crippen LogP contribution in [0.3, 0.4) is 0 Å². The van der Waals surface area contributed by atoms with Gasteiger partial charge < -0.3 is 10.7 Å². The van der Waals surface area contributed by atoms with Crippen molar-refractivity contribution in [3.05, 3.63) is 30.2 Å². The first-order valence-corrected chi connectivity index (χ1v) is 4.52. The van der Waals surface area contributed by atoms with E-state index in [4.69, 9.17) is 5.73 Å². The summed E-state index contributed by atoms with van der Waals surface area (Å²) in [6.07, 6.45) is 6.18. The summed E-state index contributed by atoms with van der Waals surface area (Å²) in [5, 5.41) is 1.12. The van der Waals surface area contributed by atoms with Gasteiger partial charge in [0.15, 0.2) is 0 Å². The van der Waals surface area contributed by atoms with E-state index >= 15 is 0 Å². The molecule has 2 heterocycles. The van der Waals surface area contributed by atoms with Crippen LogP contribution in [0, 0.1) is 11.8 Å². The van der Waals surface area contributed by atoms with E-state index in [0.717, 1.165) is 22.9 Å². The normalized spacial score (nSPS) is 8.56. The summed E-state index contributed by atoms with van der Waals surface area (Å²) in [5.74, 6) is 6.07. The van der Waals surface area contributed by atoms with Gasteiger partial charge in [-0.1, -0.05) is 11.8 Å². The molecule has 5 heteroatoms. The van der Waals surface area contributed by atoms with Crippen LogP contribution < -0.4 is 5.73 Å². The Morgan fingerprint density at radius 2 is 2.12 bits per heavy atom. The highest BCUT2D eigenvalue weighted by atomic mass is 35.5. The molecular weight excluding hydrogens is 245 g/mol. The van der Waals surface area contributed by atoms with E-state index in [2.05, 4.69) is 21.8 Å². The first-order chi connectivity index (χ1) is 6.92. The maximum absolute atomic E-state index is 5.36. The molecule has 2 rings (SSSR count). The van der Waals surface area contributed by atoms with Crippen molar-refractivity contribution in [3.63, 3.8) is 0 Å². The van der Waals surface area contributed by atoms with Crippen LogP contribution in [0.25, 0.3) is 10.9 Å². The molecule has 0 aliphatic rings. The van der Waals surface area contributed by atoms with Crippen molar-refractivity contribution < 1.29 is 0 Å². The van der Waals surface area contributed by atoms with Gasteiger partial charge in [-0.2, -0.15) is 0 Å². The zero-order valence-electron chi connectivity index (χ0n) is 8.56. The van der Waals surface area contributed by atoms with Gasteiger partial charge in [0, 0.05) is 30.7 Å². The fraction of sp³-hybridized carbons (Fsp3) is 0.182. The highest BCUT2D eigenvalue weighted by Crippen LogP contribution is 2.14. The molecule has 16 heavy (non-hydrogen) atoms. The fourth-order valence-electron chi connectivity index (χ4n) is 1.31. The minimum atomic E-state index is 0. The number of fused-ring (bicyclic) bond motifs is 1. The lowest BCUT2D eigenvalue weighted by atomic mass is 10.2. The third kappa shape index (κ3) is 3.14. The molecule has 0 aromatic carbocycles. The number of rotatable bonds is 1. The van der Waals surface area contributed by atoms with Crippen LogP contribution in [0.5, 0.6) is 0 Å². The number of aromatic amines is 1. The maximum Gasteiger partial charge on any atom is 0.0653 e. The quantitative estimate of drug-likeness (QED) is 0.770. The van der Waals surface area contributed by atoms with Crippen molar-refractivity contribution >= 4 is 35.7 Å². The van der Waals surface area contributed by atoms with Crippen LogP contribution in [-0.2, 0) is 0 Å². The summed E-state index contributed by atoms with van der Waals surface area (Å²) in [7, 11) is 0. The maximum atomic E-state index is 5.36. The van der Waals surface area contributed by atoms with Crippen molar-refractivity contribution in [1.82, 2.24) is 9.97 Å². The number of hydrogen-bond acceptors (Lipinski definition) is 2. The molecule has 86 valence electrons. The molecule has 2 aromatic heterocycles. The average Bonchev–Trinajstić information content (AvgIpc) is 2.67. The number of hydrogen-bond donors (Lipinski definition) is 2. The van der Waals surface area contributed by atoms with Crippen LogP contribution in [-0.4, -0.2) is 16.5 Å². The highest BCUT2D eigenvalue weighted by Gasteiger charge is 1.97. The molecule has 0 aliphatic heterocycles. The Kier molecular flexibility index (Phi) is 6.59. The zero-order chi connectivity index (χ0) is 9.80. The monoisotopic (exact) mass is 257 g/mol. The van der Waals surface area contributed by atoms with E-state index in [1.807, 2.05) is 12.3 Å². The molecule has 0 fully saturated rings. The Balaban J connectivity index is 0.00000112. The number of nitrogens with zero attached hydrogens (tertiary/aromatic N) is 1. The number of H-pyrrole nitrogens is 1. The first-order valence-electron chi connectivity index (χ1n) is 4.52. The van der Waals surface area contributed by atoms with E-state index in [1.54, 1.807) is 12.4 Å². The van der Waals surface area contributed by atoms with Crippen LogP contribution in [0.15, 0.2) is 24.7 Å². The Hall–Kier alpha value is -1.21. The van der Waals surface area contributed by atoms with Gasteiger partial charge in [-0.15, -0.1) is 24.8 Å². The fourth-order valence-corrected chi connectivity index (χ4v) is 1.31. The van der Waals surface area contributed by atoms with Gasteiger partial charge >= 0.3 is 0 Å². The van der Waals surface area contributed by atoms with E-state index in [0.29, 0.717) is 6.54 Å². The highest BCUT2D eigenvalue weighted by molar-refractivity contribution is 5.86. The molecule has 0 radical (unpaired) electrons. The molecule has 0 bridgehead atoms. The first kappa shape index (κ1) is 14.8. The second kappa shape index (κ2) is 7.13. The number of pyridine rings is 1. The lowest BCUT2D eigenvalue weighted by Gasteiger charge is -1.92. The lowest BCUT2D eigenvalue weighted by Crippen LogP contribution is -1.95. The van der Waals surface area contributed by atoms with Crippen molar-refractivity contribution in [1.29, 1.82) is 0 Å². The molecule has 3 nitrogen and oxygen atoms in total. The molecule has 2 aromatic rings. The zero-order valence-corrected chi connectivity index (χ0v) is 10.2. The minimum Gasteiger partial charge on any atom is -0.360 e. The Bertz CT molecular complexity index is 496. The summed E-state index contributed by atoms with van der Waals surface area (Å²) in [6.45, 7) is 0.601.